The molecule has 108 valence electrons. The van der Waals surface area contributed by atoms with Crippen LogP contribution >= 0.6 is 11.6 Å². The summed E-state index contributed by atoms with van der Waals surface area (Å²) < 4.78 is 7.94. The number of alkyl halides is 1. The van der Waals surface area contributed by atoms with Crippen LogP contribution in [0.15, 0.2) is 12.3 Å². The number of pyridine rings is 1. The third kappa shape index (κ3) is 2.31. The van der Waals surface area contributed by atoms with Crippen molar-refractivity contribution in [3.05, 3.63) is 23.7 Å². The van der Waals surface area contributed by atoms with Gasteiger partial charge in [-0.15, -0.1) is 11.6 Å². The SMILES string of the molecule is COC1(Cn2c(CCCl)nc3cc(C)cnc32)CCC1. The lowest BCUT2D eigenvalue weighted by molar-refractivity contribution is -0.0833. The van der Waals surface area contributed by atoms with Crippen molar-refractivity contribution >= 4 is 22.8 Å². The zero-order valence-corrected chi connectivity index (χ0v) is 12.8. The number of hydrogen-bond acceptors (Lipinski definition) is 3. The highest BCUT2D eigenvalue weighted by atomic mass is 35.5. The third-order valence-corrected chi connectivity index (χ3v) is 4.45. The van der Waals surface area contributed by atoms with Crippen molar-refractivity contribution in [1.82, 2.24) is 14.5 Å². The zero-order chi connectivity index (χ0) is 14.2. The molecule has 2 aromatic heterocycles. The van der Waals surface area contributed by atoms with Gasteiger partial charge in [0.05, 0.1) is 12.1 Å². The summed E-state index contributed by atoms with van der Waals surface area (Å²) in [5.41, 5.74) is 2.99. The second-order valence-electron chi connectivity index (χ2n) is 5.65. The molecule has 2 heterocycles. The lowest BCUT2D eigenvalue weighted by Gasteiger charge is -2.41. The smallest absolute Gasteiger partial charge is 0.160 e. The number of fused-ring (bicyclic) bond motifs is 1. The third-order valence-electron chi connectivity index (χ3n) is 4.26. The van der Waals surface area contributed by atoms with Gasteiger partial charge in [-0.25, -0.2) is 9.97 Å². The molecule has 0 amide bonds. The predicted molar refractivity (Wildman–Crippen MR) is 80.3 cm³/mol. The summed E-state index contributed by atoms with van der Waals surface area (Å²) in [5.74, 6) is 1.58. The molecular weight excluding hydrogens is 274 g/mol. The maximum atomic E-state index is 5.91. The standard InChI is InChI=1S/C15H20ClN3O/c1-11-8-12-14(17-9-11)19(13(18-12)4-7-16)10-15(20-2)5-3-6-15/h8-9H,3-7,10H2,1-2H3. The molecule has 1 aliphatic carbocycles. The zero-order valence-electron chi connectivity index (χ0n) is 12.0. The fourth-order valence-electron chi connectivity index (χ4n) is 2.89. The first-order chi connectivity index (χ1) is 9.67. The van der Waals surface area contributed by atoms with Gasteiger partial charge in [-0.1, -0.05) is 0 Å². The average molecular weight is 294 g/mol. The Morgan fingerprint density at radius 1 is 1.45 bits per heavy atom. The second kappa shape index (κ2) is 5.34. The Bertz CT molecular complexity index is 613. The molecule has 0 aliphatic heterocycles. The first-order valence-corrected chi connectivity index (χ1v) is 7.64. The van der Waals surface area contributed by atoms with Crippen molar-refractivity contribution in [1.29, 1.82) is 0 Å². The molecule has 3 rings (SSSR count). The highest BCUT2D eigenvalue weighted by Crippen LogP contribution is 2.37. The van der Waals surface area contributed by atoms with E-state index in [-0.39, 0.29) is 5.60 Å². The van der Waals surface area contributed by atoms with E-state index in [2.05, 4.69) is 15.6 Å². The first kappa shape index (κ1) is 13.8. The number of ether oxygens (including phenoxy) is 1. The van der Waals surface area contributed by atoms with E-state index in [0.717, 1.165) is 48.4 Å². The van der Waals surface area contributed by atoms with Gasteiger partial charge in [-0.05, 0) is 37.8 Å². The Hall–Kier alpha value is -1.13. The van der Waals surface area contributed by atoms with Gasteiger partial charge in [0.25, 0.3) is 0 Å². The Morgan fingerprint density at radius 2 is 2.25 bits per heavy atom. The normalized spacial score (nSPS) is 17.4. The summed E-state index contributed by atoms with van der Waals surface area (Å²) in [4.78, 5) is 9.26. The summed E-state index contributed by atoms with van der Waals surface area (Å²) in [7, 11) is 1.80. The van der Waals surface area contributed by atoms with Gasteiger partial charge in [0.2, 0.25) is 0 Å². The van der Waals surface area contributed by atoms with E-state index in [1.807, 2.05) is 13.1 Å². The molecule has 1 aliphatic rings. The number of aromatic nitrogens is 3. The molecule has 2 aromatic rings. The highest BCUT2D eigenvalue weighted by molar-refractivity contribution is 6.17. The highest BCUT2D eigenvalue weighted by Gasteiger charge is 2.38. The average Bonchev–Trinajstić information content (AvgIpc) is 2.71. The van der Waals surface area contributed by atoms with E-state index in [0.29, 0.717) is 5.88 Å². The van der Waals surface area contributed by atoms with Crippen LogP contribution in [-0.4, -0.2) is 33.1 Å². The summed E-state index contributed by atoms with van der Waals surface area (Å²) >= 11 is 5.91. The Kier molecular flexibility index (Phi) is 3.69. The van der Waals surface area contributed by atoms with Crippen LogP contribution in [0.4, 0.5) is 0 Å². The number of nitrogens with zero attached hydrogens (tertiary/aromatic N) is 3. The van der Waals surface area contributed by atoms with Crippen LogP contribution in [0.2, 0.25) is 0 Å². The number of rotatable bonds is 5. The van der Waals surface area contributed by atoms with Crippen LogP contribution in [0, 0.1) is 6.92 Å². The minimum atomic E-state index is -0.0404. The molecule has 20 heavy (non-hydrogen) atoms. The van der Waals surface area contributed by atoms with Gasteiger partial charge in [0, 0.05) is 25.6 Å². The second-order valence-corrected chi connectivity index (χ2v) is 6.03. The molecular formula is C15H20ClN3O. The van der Waals surface area contributed by atoms with Crippen molar-refractivity contribution in [2.45, 2.75) is 44.8 Å². The van der Waals surface area contributed by atoms with Crippen molar-refractivity contribution in [2.75, 3.05) is 13.0 Å². The van der Waals surface area contributed by atoms with E-state index in [1.165, 1.54) is 6.42 Å². The van der Waals surface area contributed by atoms with Crippen LogP contribution < -0.4 is 0 Å². The molecule has 0 radical (unpaired) electrons. The molecule has 0 bridgehead atoms. The minimum absolute atomic E-state index is 0.0404. The number of halogens is 1. The van der Waals surface area contributed by atoms with E-state index < -0.39 is 0 Å². The Morgan fingerprint density at radius 3 is 2.85 bits per heavy atom. The van der Waals surface area contributed by atoms with Crippen molar-refractivity contribution in [2.24, 2.45) is 0 Å². The van der Waals surface area contributed by atoms with Crippen molar-refractivity contribution < 1.29 is 4.74 Å². The number of hydrogen-bond donors (Lipinski definition) is 0. The lowest BCUT2D eigenvalue weighted by Crippen LogP contribution is -2.43. The van der Waals surface area contributed by atoms with Crippen LogP contribution in [-0.2, 0) is 17.7 Å². The monoisotopic (exact) mass is 293 g/mol. The van der Waals surface area contributed by atoms with E-state index >= 15 is 0 Å². The Balaban J connectivity index is 2.04. The van der Waals surface area contributed by atoms with E-state index in [4.69, 9.17) is 21.3 Å². The fourth-order valence-corrected chi connectivity index (χ4v) is 3.06. The summed E-state index contributed by atoms with van der Waals surface area (Å²) in [6, 6.07) is 2.08. The van der Waals surface area contributed by atoms with E-state index in [9.17, 15) is 0 Å². The van der Waals surface area contributed by atoms with Crippen LogP contribution in [0.1, 0.15) is 30.7 Å². The Labute approximate surface area is 124 Å². The molecule has 4 nitrogen and oxygen atoms in total. The maximum absolute atomic E-state index is 5.91. The van der Waals surface area contributed by atoms with Gasteiger partial charge >= 0.3 is 0 Å². The molecule has 1 saturated carbocycles. The van der Waals surface area contributed by atoms with Gasteiger partial charge < -0.3 is 9.30 Å². The molecule has 5 heteroatoms. The molecule has 0 unspecified atom stereocenters. The largest absolute Gasteiger partial charge is 0.376 e. The molecule has 1 fully saturated rings. The van der Waals surface area contributed by atoms with Gasteiger partial charge in [0.1, 0.15) is 11.3 Å². The summed E-state index contributed by atoms with van der Waals surface area (Å²) in [6.07, 6.45) is 6.10. The number of imidazole rings is 1. The minimum Gasteiger partial charge on any atom is -0.376 e. The first-order valence-electron chi connectivity index (χ1n) is 7.10. The van der Waals surface area contributed by atoms with Crippen LogP contribution in [0.5, 0.6) is 0 Å². The van der Waals surface area contributed by atoms with Crippen LogP contribution in [0.3, 0.4) is 0 Å². The molecule has 0 saturated heterocycles. The maximum Gasteiger partial charge on any atom is 0.160 e. The molecule has 0 aromatic carbocycles. The lowest BCUT2D eigenvalue weighted by atomic mass is 9.80. The van der Waals surface area contributed by atoms with Crippen molar-refractivity contribution in [3.8, 4) is 0 Å². The topological polar surface area (TPSA) is 39.9 Å². The van der Waals surface area contributed by atoms with Crippen LogP contribution in [0.25, 0.3) is 11.2 Å². The fraction of sp³-hybridized carbons (Fsp3) is 0.600. The quantitative estimate of drug-likeness (QED) is 0.795. The summed E-state index contributed by atoms with van der Waals surface area (Å²) in [5, 5.41) is 0. The predicted octanol–water partition coefficient (Wildman–Crippen LogP) is 3.09. The molecule has 0 atom stereocenters. The molecule has 0 N–H and O–H groups in total. The van der Waals surface area contributed by atoms with Gasteiger partial charge in [-0.3, -0.25) is 0 Å². The molecule has 0 spiro atoms. The summed E-state index contributed by atoms with van der Waals surface area (Å²) in [6.45, 7) is 2.86. The van der Waals surface area contributed by atoms with Crippen molar-refractivity contribution in [3.63, 3.8) is 0 Å². The van der Waals surface area contributed by atoms with Gasteiger partial charge in [-0.2, -0.15) is 0 Å². The number of aryl methyl sites for hydroxylation is 2. The van der Waals surface area contributed by atoms with Gasteiger partial charge in [0.15, 0.2) is 5.65 Å². The number of methoxy groups -OCH3 is 1. The van der Waals surface area contributed by atoms with E-state index in [1.54, 1.807) is 7.11 Å².